The van der Waals surface area contributed by atoms with E-state index in [4.69, 9.17) is 4.42 Å². The van der Waals surface area contributed by atoms with E-state index in [2.05, 4.69) is 5.32 Å². The van der Waals surface area contributed by atoms with Gasteiger partial charge in [0.15, 0.2) is 5.43 Å². The highest BCUT2D eigenvalue weighted by molar-refractivity contribution is 7.89. The smallest absolute Gasteiger partial charge is 0.244 e. The van der Waals surface area contributed by atoms with E-state index < -0.39 is 10.0 Å². The van der Waals surface area contributed by atoms with E-state index in [1.54, 1.807) is 40.7 Å². The van der Waals surface area contributed by atoms with Crippen LogP contribution in [0.5, 0.6) is 0 Å². The number of fused-ring (bicyclic) bond motifs is 1. The highest BCUT2D eigenvalue weighted by atomic mass is 32.2. The minimum absolute atomic E-state index is 0.186. The molecule has 1 amide bonds. The quantitative estimate of drug-likeness (QED) is 0.500. The Balaban J connectivity index is 1.32. The van der Waals surface area contributed by atoms with Gasteiger partial charge in [0.05, 0.1) is 15.8 Å². The van der Waals surface area contributed by atoms with Gasteiger partial charge in [-0.15, -0.1) is 0 Å². The van der Waals surface area contributed by atoms with Crippen molar-refractivity contribution in [3.63, 3.8) is 0 Å². The Morgan fingerprint density at radius 3 is 2.49 bits per heavy atom. The molecule has 1 fully saturated rings. The first-order chi connectivity index (χ1) is 16.8. The summed E-state index contributed by atoms with van der Waals surface area (Å²) in [6, 6.07) is 12.2. The zero-order chi connectivity index (χ0) is 24.8. The number of rotatable bonds is 7. The summed E-state index contributed by atoms with van der Waals surface area (Å²) in [6.07, 6.45) is 8.61. The number of sulfonamides is 1. The number of hydrogen-bond donors (Lipinski definition) is 1. The van der Waals surface area contributed by atoms with Crippen LogP contribution in [-0.2, 0) is 21.2 Å². The van der Waals surface area contributed by atoms with Crippen molar-refractivity contribution >= 4 is 33.0 Å². The number of carbonyl (C=O) groups is 1. The van der Waals surface area contributed by atoms with Crippen molar-refractivity contribution in [2.24, 2.45) is 0 Å². The summed E-state index contributed by atoms with van der Waals surface area (Å²) in [5.74, 6) is -0.325. The average Bonchev–Trinajstić information content (AvgIpc) is 3.15. The second-order valence-electron chi connectivity index (χ2n) is 8.86. The summed E-state index contributed by atoms with van der Waals surface area (Å²) in [6.45, 7) is 3.43. The molecule has 1 saturated heterocycles. The van der Waals surface area contributed by atoms with Crippen LogP contribution in [-0.4, -0.2) is 38.3 Å². The van der Waals surface area contributed by atoms with Gasteiger partial charge in [-0.25, -0.2) is 8.42 Å². The fraction of sp³-hybridized carbons (Fsp3) is 0.333. The highest BCUT2D eigenvalue weighted by Gasteiger charge is 2.24. The first kappa shape index (κ1) is 24.9. The van der Waals surface area contributed by atoms with Crippen LogP contribution in [0.15, 0.2) is 68.9 Å². The molecule has 0 atom stereocenters. The third-order valence-electron chi connectivity index (χ3n) is 6.21. The SMILES string of the molecule is Cc1ccc2occ(/C=C/C(=O)NCCc3ccc(S(=O)(=O)N4CCCCCC4)cc3)c(=O)c2c1. The van der Waals surface area contributed by atoms with Crippen molar-refractivity contribution in [3.8, 4) is 0 Å². The summed E-state index contributed by atoms with van der Waals surface area (Å²) in [5, 5.41) is 3.27. The molecule has 184 valence electrons. The van der Waals surface area contributed by atoms with Crippen LogP contribution in [0.2, 0.25) is 0 Å². The molecule has 2 heterocycles. The van der Waals surface area contributed by atoms with Crippen molar-refractivity contribution < 1.29 is 17.6 Å². The van der Waals surface area contributed by atoms with Crippen molar-refractivity contribution in [1.82, 2.24) is 9.62 Å². The topological polar surface area (TPSA) is 96.7 Å². The minimum Gasteiger partial charge on any atom is -0.463 e. The molecular formula is C27H30N2O5S. The van der Waals surface area contributed by atoms with Gasteiger partial charge in [-0.3, -0.25) is 9.59 Å². The number of hydrogen-bond acceptors (Lipinski definition) is 5. The molecule has 0 aliphatic carbocycles. The van der Waals surface area contributed by atoms with Crippen LogP contribution in [0.1, 0.15) is 42.4 Å². The van der Waals surface area contributed by atoms with Gasteiger partial charge < -0.3 is 9.73 Å². The maximum absolute atomic E-state index is 12.9. The van der Waals surface area contributed by atoms with Crippen molar-refractivity contribution in [3.05, 3.63) is 81.7 Å². The molecule has 35 heavy (non-hydrogen) atoms. The van der Waals surface area contributed by atoms with E-state index in [0.717, 1.165) is 36.8 Å². The predicted octanol–water partition coefficient (Wildman–Crippen LogP) is 4.04. The third kappa shape index (κ3) is 6.07. The fourth-order valence-electron chi connectivity index (χ4n) is 4.19. The summed E-state index contributed by atoms with van der Waals surface area (Å²) in [4.78, 5) is 25.1. The number of amides is 1. The van der Waals surface area contributed by atoms with Crippen molar-refractivity contribution in [2.45, 2.75) is 43.9 Å². The van der Waals surface area contributed by atoms with E-state index in [9.17, 15) is 18.0 Å². The monoisotopic (exact) mass is 494 g/mol. The largest absolute Gasteiger partial charge is 0.463 e. The maximum atomic E-state index is 12.9. The Bertz CT molecular complexity index is 1380. The predicted molar refractivity (Wildman–Crippen MR) is 137 cm³/mol. The third-order valence-corrected chi connectivity index (χ3v) is 8.12. The molecule has 0 unspecified atom stereocenters. The van der Waals surface area contributed by atoms with Gasteiger partial charge in [0.1, 0.15) is 11.8 Å². The first-order valence-electron chi connectivity index (χ1n) is 11.9. The minimum atomic E-state index is -3.47. The van der Waals surface area contributed by atoms with Crippen molar-refractivity contribution in [1.29, 1.82) is 0 Å². The molecule has 8 heteroatoms. The molecule has 1 aliphatic heterocycles. The number of nitrogens with zero attached hydrogens (tertiary/aromatic N) is 1. The molecule has 1 aromatic heterocycles. The molecule has 4 rings (SSSR count). The Hall–Kier alpha value is -3.23. The van der Waals surface area contributed by atoms with Gasteiger partial charge in [0.25, 0.3) is 0 Å². The highest BCUT2D eigenvalue weighted by Crippen LogP contribution is 2.21. The fourth-order valence-corrected chi connectivity index (χ4v) is 5.71. The van der Waals surface area contributed by atoms with Gasteiger partial charge in [0, 0.05) is 25.7 Å². The molecule has 1 aliphatic rings. The van der Waals surface area contributed by atoms with Gasteiger partial charge >= 0.3 is 0 Å². The standard InChI is InChI=1S/C27H30N2O5S/c1-20-6-12-25-24(18-20)27(31)22(19-34-25)9-13-26(30)28-15-14-21-7-10-23(11-8-21)35(32,33)29-16-4-2-3-5-17-29/h6-13,18-19H,2-5,14-17H2,1H3,(H,28,30)/b13-9+. The lowest BCUT2D eigenvalue weighted by atomic mass is 10.1. The molecule has 2 aromatic carbocycles. The van der Waals surface area contributed by atoms with E-state index in [1.165, 1.54) is 18.4 Å². The van der Waals surface area contributed by atoms with Gasteiger partial charge in [-0.1, -0.05) is 36.6 Å². The zero-order valence-electron chi connectivity index (χ0n) is 19.8. The number of benzene rings is 2. The summed E-state index contributed by atoms with van der Waals surface area (Å²) in [7, 11) is -3.47. The first-order valence-corrected chi connectivity index (χ1v) is 13.4. The van der Waals surface area contributed by atoms with Crippen LogP contribution in [0.4, 0.5) is 0 Å². The van der Waals surface area contributed by atoms with Crippen LogP contribution < -0.4 is 10.7 Å². The van der Waals surface area contributed by atoms with Crippen LogP contribution in [0.3, 0.4) is 0 Å². The van der Waals surface area contributed by atoms with Gasteiger partial charge in [0.2, 0.25) is 15.9 Å². The van der Waals surface area contributed by atoms with Gasteiger partial charge in [-0.2, -0.15) is 4.31 Å². The zero-order valence-corrected chi connectivity index (χ0v) is 20.6. The Kier molecular flexibility index (Phi) is 7.83. The summed E-state index contributed by atoms with van der Waals surface area (Å²) >= 11 is 0. The van der Waals surface area contributed by atoms with Crippen molar-refractivity contribution in [2.75, 3.05) is 19.6 Å². The number of carbonyl (C=O) groups excluding carboxylic acids is 1. The van der Waals surface area contributed by atoms with Crippen LogP contribution >= 0.6 is 0 Å². The number of nitrogens with one attached hydrogen (secondary N) is 1. The second-order valence-corrected chi connectivity index (χ2v) is 10.8. The van der Waals surface area contributed by atoms with E-state index in [0.29, 0.717) is 47.5 Å². The second kappa shape index (κ2) is 11.0. The molecule has 1 N–H and O–H groups in total. The Morgan fingerprint density at radius 2 is 1.77 bits per heavy atom. The van der Waals surface area contributed by atoms with Crippen LogP contribution in [0, 0.1) is 6.92 Å². The normalized spacial score (nSPS) is 15.3. The molecule has 0 radical (unpaired) electrons. The average molecular weight is 495 g/mol. The van der Waals surface area contributed by atoms with E-state index in [-0.39, 0.29) is 11.3 Å². The number of aryl methyl sites for hydroxylation is 1. The Morgan fingerprint density at radius 1 is 1.06 bits per heavy atom. The van der Waals surface area contributed by atoms with E-state index >= 15 is 0 Å². The maximum Gasteiger partial charge on any atom is 0.244 e. The molecular weight excluding hydrogens is 464 g/mol. The molecule has 0 bridgehead atoms. The van der Waals surface area contributed by atoms with E-state index in [1.807, 2.05) is 13.0 Å². The lowest BCUT2D eigenvalue weighted by Gasteiger charge is -2.20. The lowest BCUT2D eigenvalue weighted by molar-refractivity contribution is -0.116. The molecule has 7 nitrogen and oxygen atoms in total. The molecule has 0 spiro atoms. The molecule has 0 saturated carbocycles. The Labute approximate surface area is 205 Å². The lowest BCUT2D eigenvalue weighted by Crippen LogP contribution is -2.31. The van der Waals surface area contributed by atoms with Crippen LogP contribution in [0.25, 0.3) is 17.0 Å². The summed E-state index contributed by atoms with van der Waals surface area (Å²) < 4.78 is 32.9. The van der Waals surface area contributed by atoms with Gasteiger partial charge in [-0.05, 0) is 62.1 Å². The molecule has 3 aromatic rings. The summed E-state index contributed by atoms with van der Waals surface area (Å²) in [5.41, 5.74) is 2.51.